The zero-order chi connectivity index (χ0) is 45.7. The van der Waals surface area contributed by atoms with Gasteiger partial charge in [-0.05, 0) is 134 Å². The van der Waals surface area contributed by atoms with Crippen LogP contribution in [-0.4, -0.2) is 14.1 Å². The summed E-state index contributed by atoms with van der Waals surface area (Å²) in [6.45, 7) is 27.2. The fourth-order valence-corrected chi connectivity index (χ4v) is 9.32. The molecule has 3 aromatic heterocycles. The van der Waals surface area contributed by atoms with E-state index in [2.05, 4.69) is 188 Å². The number of aromatic nitrogens is 3. The predicted molar refractivity (Wildman–Crippen MR) is 268 cm³/mol. The highest BCUT2D eigenvalue weighted by atomic mass is 15.0. The van der Waals surface area contributed by atoms with E-state index in [9.17, 15) is 10.5 Å². The molecular formula is C59H57N5. The smallest absolute Gasteiger partial charge is 0.0992 e. The molecule has 318 valence electrons. The number of benzene rings is 6. The van der Waals surface area contributed by atoms with Gasteiger partial charge in [0.25, 0.3) is 0 Å². The SMILES string of the molecule is CC(C)(C)c1ccc2c(c1)c1cc(C(C)(C)C)ccc1n2-c1cc(C#N)ccc1-c1cc(C#N)cc(-c2ccncc2)c1-n1c2ccc(C(C)(C)C)cc2c2cc(C(C)(C)C)ccc21. The third kappa shape index (κ3) is 7.14. The quantitative estimate of drug-likeness (QED) is 0.177. The monoisotopic (exact) mass is 835 g/mol. The van der Waals surface area contributed by atoms with Crippen LogP contribution < -0.4 is 0 Å². The Balaban J connectivity index is 1.47. The first-order chi connectivity index (χ1) is 30.2. The van der Waals surface area contributed by atoms with Gasteiger partial charge in [-0.3, -0.25) is 4.98 Å². The summed E-state index contributed by atoms with van der Waals surface area (Å²) >= 11 is 0. The van der Waals surface area contributed by atoms with Gasteiger partial charge in [-0.1, -0.05) is 113 Å². The van der Waals surface area contributed by atoms with Crippen LogP contribution in [-0.2, 0) is 21.7 Å². The lowest BCUT2D eigenvalue weighted by Crippen LogP contribution is -2.10. The van der Waals surface area contributed by atoms with Crippen molar-refractivity contribution in [2.45, 2.75) is 105 Å². The molecule has 0 aliphatic rings. The van der Waals surface area contributed by atoms with E-state index < -0.39 is 0 Å². The largest absolute Gasteiger partial charge is 0.309 e. The summed E-state index contributed by atoms with van der Waals surface area (Å²) in [7, 11) is 0. The molecule has 6 aromatic carbocycles. The third-order valence-electron chi connectivity index (χ3n) is 13.1. The van der Waals surface area contributed by atoms with Gasteiger partial charge in [-0.15, -0.1) is 0 Å². The van der Waals surface area contributed by atoms with Crippen LogP contribution in [0.3, 0.4) is 0 Å². The Morgan fingerprint density at radius 2 is 0.781 bits per heavy atom. The number of hydrogen-bond acceptors (Lipinski definition) is 3. The van der Waals surface area contributed by atoms with E-state index in [4.69, 9.17) is 0 Å². The van der Waals surface area contributed by atoms with Gasteiger partial charge in [-0.2, -0.15) is 10.5 Å². The van der Waals surface area contributed by atoms with Crippen molar-refractivity contribution in [2.24, 2.45) is 0 Å². The van der Waals surface area contributed by atoms with Crippen molar-refractivity contribution < 1.29 is 0 Å². The normalized spacial score (nSPS) is 12.7. The summed E-state index contributed by atoms with van der Waals surface area (Å²) in [6, 6.07) is 46.7. The first kappa shape index (κ1) is 42.4. The molecule has 0 bridgehead atoms. The van der Waals surface area contributed by atoms with Crippen molar-refractivity contribution >= 4 is 43.6 Å². The average Bonchev–Trinajstić information content (AvgIpc) is 3.76. The van der Waals surface area contributed by atoms with E-state index in [0.717, 1.165) is 66.5 Å². The molecule has 0 radical (unpaired) electrons. The Hall–Kier alpha value is -6.95. The molecule has 0 fully saturated rings. The molecule has 0 spiro atoms. The predicted octanol–water partition coefficient (Wildman–Crippen LogP) is 15.5. The van der Waals surface area contributed by atoms with Crippen LogP contribution in [0.15, 0.2) is 128 Å². The van der Waals surface area contributed by atoms with Crippen molar-refractivity contribution in [3.05, 3.63) is 161 Å². The fraction of sp³-hybridized carbons (Fsp3) is 0.271. The number of nitrogens with zero attached hydrogens (tertiary/aromatic N) is 5. The van der Waals surface area contributed by atoms with Gasteiger partial charge in [0.1, 0.15) is 0 Å². The summed E-state index contributed by atoms with van der Waals surface area (Å²) < 4.78 is 4.75. The number of hydrogen-bond donors (Lipinski definition) is 0. The molecule has 3 heterocycles. The third-order valence-corrected chi connectivity index (χ3v) is 13.1. The highest BCUT2D eigenvalue weighted by Crippen LogP contribution is 2.47. The van der Waals surface area contributed by atoms with Crippen molar-refractivity contribution in [2.75, 3.05) is 0 Å². The zero-order valence-corrected chi connectivity index (χ0v) is 39.4. The molecular weight excluding hydrogens is 779 g/mol. The molecule has 0 saturated carbocycles. The molecule has 0 amide bonds. The topological polar surface area (TPSA) is 70.3 Å². The maximum absolute atomic E-state index is 10.8. The van der Waals surface area contributed by atoms with Crippen LogP contribution in [0, 0.1) is 22.7 Å². The van der Waals surface area contributed by atoms with Crippen molar-refractivity contribution in [3.8, 4) is 45.8 Å². The van der Waals surface area contributed by atoms with E-state index in [0.29, 0.717) is 11.1 Å². The second-order valence-corrected chi connectivity index (χ2v) is 21.7. The molecule has 9 aromatic rings. The average molecular weight is 836 g/mol. The molecule has 0 N–H and O–H groups in total. The maximum Gasteiger partial charge on any atom is 0.0992 e. The van der Waals surface area contributed by atoms with Crippen LogP contribution in [0.25, 0.3) is 77.2 Å². The Morgan fingerprint density at radius 3 is 1.17 bits per heavy atom. The van der Waals surface area contributed by atoms with Crippen LogP contribution in [0.4, 0.5) is 0 Å². The number of rotatable bonds is 4. The fourth-order valence-electron chi connectivity index (χ4n) is 9.32. The molecule has 5 heteroatoms. The first-order valence-corrected chi connectivity index (χ1v) is 22.4. The Kier molecular flexibility index (Phi) is 9.81. The van der Waals surface area contributed by atoms with Gasteiger partial charge < -0.3 is 9.13 Å². The minimum atomic E-state index is -0.0625. The van der Waals surface area contributed by atoms with Crippen LogP contribution in [0.5, 0.6) is 0 Å². The number of nitriles is 2. The van der Waals surface area contributed by atoms with Gasteiger partial charge in [0.15, 0.2) is 0 Å². The molecule has 9 rings (SSSR count). The van der Waals surface area contributed by atoms with Crippen molar-refractivity contribution in [1.82, 2.24) is 14.1 Å². The van der Waals surface area contributed by atoms with E-state index in [1.165, 1.54) is 33.0 Å². The standard InChI is InChI=1S/C59H57N5/c1-56(2,3)39-14-19-50-45(30-39)46-31-40(57(4,5)6)15-20-51(46)63(50)54-29-36(34-60)13-18-43(54)49-28-37(35-61)27-44(38-23-25-62-26-24-38)55(49)64-52-21-16-41(58(7,8)9)32-47(52)48-33-42(59(10,11)12)17-22-53(48)64/h13-33H,1-12H3. The minimum absolute atomic E-state index is 0.0598. The van der Waals surface area contributed by atoms with Gasteiger partial charge in [-0.25, -0.2) is 0 Å². The molecule has 0 atom stereocenters. The van der Waals surface area contributed by atoms with Gasteiger partial charge >= 0.3 is 0 Å². The number of pyridine rings is 1. The van der Waals surface area contributed by atoms with E-state index in [-0.39, 0.29) is 21.7 Å². The molecule has 5 nitrogen and oxygen atoms in total. The van der Waals surface area contributed by atoms with Crippen LogP contribution in [0.1, 0.15) is 116 Å². The Morgan fingerprint density at radius 1 is 0.391 bits per heavy atom. The van der Waals surface area contributed by atoms with Crippen LogP contribution in [0.2, 0.25) is 0 Å². The highest BCUT2D eigenvalue weighted by Gasteiger charge is 2.28. The first-order valence-electron chi connectivity index (χ1n) is 22.4. The van der Waals surface area contributed by atoms with Crippen LogP contribution >= 0.6 is 0 Å². The van der Waals surface area contributed by atoms with Gasteiger partial charge in [0.05, 0.1) is 56.7 Å². The second-order valence-electron chi connectivity index (χ2n) is 21.7. The minimum Gasteiger partial charge on any atom is -0.309 e. The lowest BCUT2D eigenvalue weighted by atomic mass is 9.85. The summed E-state index contributed by atoms with van der Waals surface area (Å²) in [5.74, 6) is 0. The van der Waals surface area contributed by atoms with E-state index in [1.54, 1.807) is 0 Å². The summed E-state index contributed by atoms with van der Waals surface area (Å²) in [5.41, 5.74) is 15.6. The van der Waals surface area contributed by atoms with Gasteiger partial charge in [0.2, 0.25) is 0 Å². The molecule has 0 aliphatic heterocycles. The zero-order valence-electron chi connectivity index (χ0n) is 39.4. The lowest BCUT2D eigenvalue weighted by Gasteiger charge is -2.23. The van der Waals surface area contributed by atoms with E-state index in [1.807, 2.05) is 48.8 Å². The summed E-state index contributed by atoms with van der Waals surface area (Å²) in [6.07, 6.45) is 3.63. The summed E-state index contributed by atoms with van der Waals surface area (Å²) in [5, 5.41) is 26.1. The van der Waals surface area contributed by atoms with Crippen molar-refractivity contribution in [1.29, 1.82) is 10.5 Å². The van der Waals surface area contributed by atoms with E-state index >= 15 is 0 Å². The van der Waals surface area contributed by atoms with Gasteiger partial charge in [0, 0.05) is 50.6 Å². The molecule has 0 aliphatic carbocycles. The summed E-state index contributed by atoms with van der Waals surface area (Å²) in [4.78, 5) is 4.41. The highest BCUT2D eigenvalue weighted by molar-refractivity contribution is 6.13. The number of fused-ring (bicyclic) bond motifs is 6. The second kappa shape index (κ2) is 14.8. The lowest BCUT2D eigenvalue weighted by molar-refractivity contribution is 0.590. The maximum atomic E-state index is 10.8. The Bertz CT molecular complexity index is 3280. The molecule has 64 heavy (non-hydrogen) atoms. The molecule has 0 saturated heterocycles. The van der Waals surface area contributed by atoms with Crippen molar-refractivity contribution in [3.63, 3.8) is 0 Å². The molecule has 0 unspecified atom stereocenters. The Labute approximate surface area is 378 Å².